The molecule has 1 saturated heterocycles. The number of rotatable bonds is 1. The number of aliphatic carboxylic acids is 1. The van der Waals surface area contributed by atoms with Gasteiger partial charge in [-0.2, -0.15) is 0 Å². The van der Waals surface area contributed by atoms with E-state index >= 15 is 0 Å². The fourth-order valence-electron chi connectivity index (χ4n) is 2.37. The molecule has 2 aliphatic rings. The minimum Gasteiger partial charge on any atom is -0.550 e. The van der Waals surface area contributed by atoms with Crippen molar-refractivity contribution in [2.75, 3.05) is 0 Å². The molecule has 1 aliphatic heterocycles. The van der Waals surface area contributed by atoms with E-state index in [1.54, 1.807) is 0 Å². The summed E-state index contributed by atoms with van der Waals surface area (Å²) in [6.45, 7) is 0. The molecule has 1 N–H and O–H groups in total. The average Bonchev–Trinajstić information content (AvgIpc) is 2.42. The first-order valence-corrected chi connectivity index (χ1v) is 4.67. The Morgan fingerprint density at radius 3 is 2.79 bits per heavy atom. The van der Waals surface area contributed by atoms with Gasteiger partial charge in [0.15, 0.2) is 0 Å². The zero-order chi connectivity index (χ0) is 9.42. The molecule has 5 heteroatoms. The summed E-state index contributed by atoms with van der Waals surface area (Å²) in [6, 6.07) is 0.0872. The summed E-state index contributed by atoms with van der Waals surface area (Å²) < 4.78 is 0. The smallest absolute Gasteiger partial charge is 0.550 e. The molecule has 0 aromatic heterocycles. The summed E-state index contributed by atoms with van der Waals surface area (Å²) in [5.41, 5.74) is 0. The summed E-state index contributed by atoms with van der Waals surface area (Å²) in [4.78, 5) is 21.6. The molecule has 3 unspecified atom stereocenters. The molecule has 0 aromatic rings. The standard InChI is InChI=1S/C9H13NO3.Na/c11-8-4-5-1-2-6(9(12)13)3-7(5)10-8;/h5-7H,1-4H2,(H,10,11)(H,12,13);/q;+1/p-1. The van der Waals surface area contributed by atoms with Crippen LogP contribution in [0.4, 0.5) is 0 Å². The molecule has 2 rings (SSSR count). The molecule has 14 heavy (non-hydrogen) atoms. The van der Waals surface area contributed by atoms with Gasteiger partial charge in [-0.15, -0.1) is 0 Å². The second kappa shape index (κ2) is 4.64. The van der Waals surface area contributed by atoms with Crippen LogP contribution < -0.4 is 40.0 Å². The maximum atomic E-state index is 11.0. The van der Waals surface area contributed by atoms with E-state index in [0.717, 1.165) is 6.42 Å². The van der Waals surface area contributed by atoms with E-state index in [0.29, 0.717) is 25.2 Å². The molecule has 0 spiro atoms. The Morgan fingerprint density at radius 1 is 1.43 bits per heavy atom. The molecule has 3 atom stereocenters. The summed E-state index contributed by atoms with van der Waals surface area (Å²) in [5.74, 6) is -0.906. The van der Waals surface area contributed by atoms with Gasteiger partial charge in [-0.25, -0.2) is 0 Å². The van der Waals surface area contributed by atoms with Gasteiger partial charge in [0.25, 0.3) is 0 Å². The quantitative estimate of drug-likeness (QED) is 0.444. The number of amides is 1. The Balaban J connectivity index is 0.000000980. The molecule has 0 aromatic carbocycles. The van der Waals surface area contributed by atoms with Gasteiger partial charge in [0.1, 0.15) is 0 Å². The first-order valence-electron chi connectivity index (χ1n) is 4.67. The maximum Gasteiger partial charge on any atom is 1.00 e. The van der Waals surface area contributed by atoms with Crippen molar-refractivity contribution >= 4 is 11.9 Å². The zero-order valence-electron chi connectivity index (χ0n) is 8.29. The number of carboxylic acid groups (broad SMARTS) is 1. The monoisotopic (exact) mass is 205 g/mol. The van der Waals surface area contributed by atoms with Crippen LogP contribution in [-0.2, 0) is 9.59 Å². The van der Waals surface area contributed by atoms with Crippen LogP contribution >= 0.6 is 0 Å². The van der Waals surface area contributed by atoms with Gasteiger partial charge in [0.05, 0.1) is 0 Å². The van der Waals surface area contributed by atoms with E-state index in [4.69, 9.17) is 0 Å². The molecule has 1 aliphatic carbocycles. The molecule has 0 radical (unpaired) electrons. The molecule has 1 saturated carbocycles. The molecule has 1 amide bonds. The maximum absolute atomic E-state index is 11.0. The van der Waals surface area contributed by atoms with Crippen LogP contribution in [-0.4, -0.2) is 17.9 Å². The van der Waals surface area contributed by atoms with Gasteiger partial charge in [-0.05, 0) is 25.2 Å². The predicted molar refractivity (Wildman–Crippen MR) is 42.4 cm³/mol. The first kappa shape index (κ1) is 12.0. The fourth-order valence-corrected chi connectivity index (χ4v) is 2.37. The Bertz CT molecular complexity index is 256. The number of hydrogen-bond acceptors (Lipinski definition) is 3. The van der Waals surface area contributed by atoms with E-state index < -0.39 is 5.97 Å². The van der Waals surface area contributed by atoms with Crippen molar-refractivity contribution in [2.24, 2.45) is 11.8 Å². The van der Waals surface area contributed by atoms with Crippen LogP contribution in [0.5, 0.6) is 0 Å². The third-order valence-electron chi connectivity index (χ3n) is 3.12. The van der Waals surface area contributed by atoms with E-state index in [-0.39, 0.29) is 47.4 Å². The molecule has 2 fully saturated rings. The Kier molecular flexibility index (Phi) is 3.98. The fraction of sp³-hybridized carbons (Fsp3) is 0.778. The van der Waals surface area contributed by atoms with Crippen molar-refractivity contribution in [3.63, 3.8) is 0 Å². The molecular formula is C9H12NNaO3. The summed E-state index contributed by atoms with van der Waals surface area (Å²) >= 11 is 0. The van der Waals surface area contributed by atoms with Crippen LogP contribution in [0.3, 0.4) is 0 Å². The Morgan fingerprint density at radius 2 is 2.14 bits per heavy atom. The van der Waals surface area contributed by atoms with Crippen molar-refractivity contribution in [1.82, 2.24) is 5.32 Å². The minimum atomic E-state index is -0.973. The van der Waals surface area contributed by atoms with Gasteiger partial charge >= 0.3 is 29.6 Å². The first-order chi connectivity index (χ1) is 6.16. The van der Waals surface area contributed by atoms with E-state index in [1.165, 1.54) is 0 Å². The largest absolute Gasteiger partial charge is 1.00 e. The number of fused-ring (bicyclic) bond motifs is 1. The van der Waals surface area contributed by atoms with Crippen LogP contribution in [0.1, 0.15) is 25.7 Å². The van der Waals surface area contributed by atoms with Gasteiger partial charge in [0, 0.05) is 24.3 Å². The molecule has 0 bridgehead atoms. The third kappa shape index (κ3) is 2.30. The topological polar surface area (TPSA) is 69.2 Å². The number of nitrogens with one attached hydrogen (secondary N) is 1. The van der Waals surface area contributed by atoms with E-state index in [9.17, 15) is 14.7 Å². The van der Waals surface area contributed by atoms with Crippen LogP contribution in [0.15, 0.2) is 0 Å². The summed E-state index contributed by atoms with van der Waals surface area (Å²) in [5, 5.41) is 13.4. The molecular weight excluding hydrogens is 193 g/mol. The third-order valence-corrected chi connectivity index (χ3v) is 3.12. The normalized spacial score (nSPS) is 35.4. The van der Waals surface area contributed by atoms with Crippen LogP contribution in [0.2, 0.25) is 0 Å². The number of carbonyl (C=O) groups excluding carboxylic acids is 2. The van der Waals surface area contributed by atoms with Crippen LogP contribution in [0.25, 0.3) is 0 Å². The van der Waals surface area contributed by atoms with Gasteiger partial charge in [0.2, 0.25) is 5.91 Å². The molecule has 1 heterocycles. The summed E-state index contributed by atoms with van der Waals surface area (Å²) in [7, 11) is 0. The van der Waals surface area contributed by atoms with Crippen molar-refractivity contribution in [1.29, 1.82) is 0 Å². The number of carbonyl (C=O) groups is 2. The van der Waals surface area contributed by atoms with E-state index in [1.807, 2.05) is 0 Å². The Hall–Kier alpha value is -0.0600. The van der Waals surface area contributed by atoms with Gasteiger partial charge in [-0.1, -0.05) is 0 Å². The van der Waals surface area contributed by atoms with Gasteiger partial charge < -0.3 is 15.2 Å². The second-order valence-electron chi connectivity index (χ2n) is 3.97. The molecule has 72 valence electrons. The number of hydrogen-bond donors (Lipinski definition) is 1. The summed E-state index contributed by atoms with van der Waals surface area (Å²) in [6.07, 6.45) is 2.63. The number of carboxylic acids is 1. The SMILES string of the molecule is O=C1CC2CCC(C(=O)[O-])CC2N1.[Na+]. The van der Waals surface area contributed by atoms with Crippen molar-refractivity contribution in [3.05, 3.63) is 0 Å². The average molecular weight is 205 g/mol. The predicted octanol–water partition coefficient (Wildman–Crippen LogP) is -3.95. The van der Waals surface area contributed by atoms with E-state index in [2.05, 4.69) is 5.32 Å². The zero-order valence-corrected chi connectivity index (χ0v) is 10.3. The van der Waals surface area contributed by atoms with Crippen molar-refractivity contribution in [2.45, 2.75) is 31.7 Å². The van der Waals surface area contributed by atoms with Crippen molar-refractivity contribution < 1.29 is 44.3 Å². The Labute approximate surface area is 105 Å². The van der Waals surface area contributed by atoms with Crippen LogP contribution in [0, 0.1) is 11.8 Å². The minimum absolute atomic E-state index is 0. The molecule has 4 nitrogen and oxygen atoms in total. The van der Waals surface area contributed by atoms with Crippen molar-refractivity contribution in [3.8, 4) is 0 Å². The second-order valence-corrected chi connectivity index (χ2v) is 3.97. The van der Waals surface area contributed by atoms with Gasteiger partial charge in [-0.3, -0.25) is 4.79 Å².